The van der Waals surface area contributed by atoms with Crippen LogP contribution in [-0.4, -0.2) is 65.4 Å². The molecular weight excluding hydrogens is 224 g/mol. The van der Waals surface area contributed by atoms with Gasteiger partial charge in [0.15, 0.2) is 0 Å². The van der Waals surface area contributed by atoms with E-state index in [9.17, 15) is 13.5 Å². The zero-order valence-electron chi connectivity index (χ0n) is 8.37. The summed E-state index contributed by atoms with van der Waals surface area (Å²) in [6, 6.07) is -0.569. The highest BCUT2D eigenvalue weighted by Crippen LogP contribution is 2.09. The molecule has 4 N–H and O–H groups in total. The molecule has 0 saturated carbocycles. The second-order valence-electron chi connectivity index (χ2n) is 3.63. The van der Waals surface area contributed by atoms with E-state index in [2.05, 4.69) is 5.32 Å². The minimum absolute atomic E-state index is 0.0507. The molecule has 0 aromatic carbocycles. The minimum atomic E-state index is -4.22. The van der Waals surface area contributed by atoms with Gasteiger partial charge in [-0.3, -0.25) is 4.55 Å². The van der Waals surface area contributed by atoms with E-state index < -0.39 is 28.6 Å². The highest BCUT2D eigenvalue weighted by Gasteiger charge is 2.32. The van der Waals surface area contributed by atoms with Gasteiger partial charge in [0.05, 0.1) is 12.2 Å². The average Bonchev–Trinajstić information content (AvgIpc) is 2.15. The Kier molecular flexibility index (Phi) is 4.04. The monoisotopic (exact) mass is 240 g/mol. The molecule has 0 aromatic heterocycles. The molecule has 0 aliphatic carbocycles. The second kappa shape index (κ2) is 4.73. The van der Waals surface area contributed by atoms with Gasteiger partial charge in [-0.1, -0.05) is 0 Å². The van der Waals surface area contributed by atoms with Crippen LogP contribution in [0.4, 0.5) is 0 Å². The van der Waals surface area contributed by atoms with E-state index in [0.717, 1.165) is 4.31 Å². The van der Waals surface area contributed by atoms with E-state index in [-0.39, 0.29) is 13.1 Å². The number of aliphatic hydroxyl groups excluding tert-OH is 2. The van der Waals surface area contributed by atoms with Crippen LogP contribution in [0, 0.1) is 0 Å². The van der Waals surface area contributed by atoms with E-state index in [1.165, 1.54) is 6.92 Å². The molecule has 1 heterocycles. The fourth-order valence-electron chi connectivity index (χ4n) is 1.52. The van der Waals surface area contributed by atoms with E-state index in [4.69, 9.17) is 9.66 Å². The third-order valence-corrected chi connectivity index (χ3v) is 3.39. The number of nitrogens with zero attached hydrogens (tertiary/aromatic N) is 1. The van der Waals surface area contributed by atoms with Crippen LogP contribution in [0.25, 0.3) is 0 Å². The van der Waals surface area contributed by atoms with Crippen molar-refractivity contribution in [2.24, 2.45) is 0 Å². The number of aliphatic hydroxyl groups is 2. The summed E-state index contributed by atoms with van der Waals surface area (Å²) in [6.45, 7) is 1.85. The molecule has 1 saturated heterocycles. The van der Waals surface area contributed by atoms with Crippen LogP contribution in [0.5, 0.6) is 0 Å². The Hall–Kier alpha value is -0.250. The van der Waals surface area contributed by atoms with E-state index >= 15 is 0 Å². The van der Waals surface area contributed by atoms with Crippen LogP contribution >= 0.6 is 0 Å². The molecule has 15 heavy (non-hydrogen) atoms. The molecule has 0 bridgehead atoms. The van der Waals surface area contributed by atoms with Gasteiger partial charge in [0.2, 0.25) is 0 Å². The van der Waals surface area contributed by atoms with Gasteiger partial charge >= 0.3 is 10.3 Å². The van der Waals surface area contributed by atoms with Gasteiger partial charge in [0.25, 0.3) is 0 Å². The lowest BCUT2D eigenvalue weighted by atomic mass is 10.1. The van der Waals surface area contributed by atoms with Crippen molar-refractivity contribution in [3.63, 3.8) is 0 Å². The fourth-order valence-corrected chi connectivity index (χ4v) is 2.20. The predicted octanol–water partition coefficient (Wildman–Crippen LogP) is -2.20. The first-order chi connectivity index (χ1) is 6.82. The summed E-state index contributed by atoms with van der Waals surface area (Å²) in [5, 5.41) is 21.5. The van der Waals surface area contributed by atoms with E-state index in [1.54, 1.807) is 0 Å². The number of hydrogen-bond donors (Lipinski definition) is 4. The van der Waals surface area contributed by atoms with Crippen molar-refractivity contribution >= 4 is 10.3 Å². The molecule has 1 rings (SSSR count). The van der Waals surface area contributed by atoms with Crippen molar-refractivity contribution in [2.45, 2.75) is 25.2 Å². The van der Waals surface area contributed by atoms with Crippen LogP contribution in [0.3, 0.4) is 0 Å². The van der Waals surface area contributed by atoms with Crippen LogP contribution < -0.4 is 5.32 Å². The molecule has 1 fully saturated rings. The summed E-state index contributed by atoms with van der Waals surface area (Å²) in [5.74, 6) is 0. The van der Waals surface area contributed by atoms with Gasteiger partial charge in [0, 0.05) is 25.7 Å². The third-order valence-electron chi connectivity index (χ3n) is 2.40. The van der Waals surface area contributed by atoms with Gasteiger partial charge in [-0.25, -0.2) is 0 Å². The molecule has 8 heteroatoms. The summed E-state index contributed by atoms with van der Waals surface area (Å²) in [5.41, 5.74) is 0. The molecule has 1 aliphatic rings. The first-order valence-corrected chi connectivity index (χ1v) is 6.04. The van der Waals surface area contributed by atoms with Gasteiger partial charge < -0.3 is 15.5 Å². The Balaban J connectivity index is 2.64. The summed E-state index contributed by atoms with van der Waals surface area (Å²) < 4.78 is 31.3. The van der Waals surface area contributed by atoms with Gasteiger partial charge in [0.1, 0.15) is 0 Å². The Morgan fingerprint density at radius 1 is 1.47 bits per heavy atom. The molecule has 3 atom stereocenters. The number of hydrogen-bond acceptors (Lipinski definition) is 5. The molecule has 90 valence electrons. The molecule has 7 nitrogen and oxygen atoms in total. The Morgan fingerprint density at radius 3 is 2.53 bits per heavy atom. The smallest absolute Gasteiger partial charge is 0.336 e. The maximum atomic E-state index is 10.8. The van der Waals surface area contributed by atoms with Crippen LogP contribution in [-0.2, 0) is 10.3 Å². The summed E-state index contributed by atoms with van der Waals surface area (Å²) in [4.78, 5) is 0. The Labute approximate surface area is 88.6 Å². The van der Waals surface area contributed by atoms with E-state index in [0.29, 0.717) is 6.54 Å². The molecule has 0 aromatic rings. The maximum absolute atomic E-state index is 10.8. The largest absolute Gasteiger partial charge is 0.391 e. The third kappa shape index (κ3) is 3.37. The zero-order valence-corrected chi connectivity index (χ0v) is 9.18. The summed E-state index contributed by atoms with van der Waals surface area (Å²) in [6.07, 6.45) is -2.02. The predicted molar refractivity (Wildman–Crippen MR) is 52.6 cm³/mol. The topological polar surface area (TPSA) is 110 Å². The molecule has 0 radical (unpaired) electrons. The zero-order chi connectivity index (χ0) is 11.6. The Morgan fingerprint density at radius 2 is 2.07 bits per heavy atom. The molecule has 3 unspecified atom stereocenters. The highest BCUT2D eigenvalue weighted by molar-refractivity contribution is 7.83. The number of nitrogens with one attached hydrogen (secondary N) is 1. The summed E-state index contributed by atoms with van der Waals surface area (Å²) in [7, 11) is -4.22. The first-order valence-electron chi connectivity index (χ1n) is 4.64. The molecule has 1 aliphatic heterocycles. The van der Waals surface area contributed by atoms with Crippen molar-refractivity contribution in [1.82, 2.24) is 9.62 Å². The van der Waals surface area contributed by atoms with Crippen LogP contribution in [0.2, 0.25) is 0 Å². The standard InChI is InChI=1S/C7H16N2O5S/c1-5(10)7(11)6-4-9(3-2-8-6)15(12,13)14/h5-8,10-11H,2-4H2,1H3,(H,12,13,14). The normalized spacial score (nSPS) is 28.7. The summed E-state index contributed by atoms with van der Waals surface area (Å²) >= 11 is 0. The second-order valence-corrected chi connectivity index (χ2v) is 5.04. The van der Waals surface area contributed by atoms with Crippen molar-refractivity contribution in [3.8, 4) is 0 Å². The number of piperazine rings is 1. The van der Waals surface area contributed by atoms with Crippen molar-refractivity contribution in [3.05, 3.63) is 0 Å². The van der Waals surface area contributed by atoms with Gasteiger partial charge in [-0.15, -0.1) is 0 Å². The SMILES string of the molecule is CC(O)C(O)C1CN(S(=O)(=O)O)CCN1. The molecular formula is C7H16N2O5S. The lowest BCUT2D eigenvalue weighted by Crippen LogP contribution is -2.58. The van der Waals surface area contributed by atoms with Crippen LogP contribution in [0.15, 0.2) is 0 Å². The lowest BCUT2D eigenvalue weighted by molar-refractivity contribution is -0.00290. The maximum Gasteiger partial charge on any atom is 0.336 e. The minimum Gasteiger partial charge on any atom is -0.391 e. The van der Waals surface area contributed by atoms with Crippen molar-refractivity contribution < 1.29 is 23.2 Å². The average molecular weight is 240 g/mol. The fraction of sp³-hybridized carbons (Fsp3) is 1.00. The molecule has 0 amide bonds. The van der Waals surface area contributed by atoms with Crippen molar-refractivity contribution in [1.29, 1.82) is 0 Å². The lowest BCUT2D eigenvalue weighted by Gasteiger charge is -2.34. The van der Waals surface area contributed by atoms with Gasteiger partial charge in [-0.05, 0) is 6.92 Å². The Bertz CT molecular complexity index is 305. The first kappa shape index (κ1) is 12.8. The van der Waals surface area contributed by atoms with Crippen LogP contribution in [0.1, 0.15) is 6.92 Å². The quantitative estimate of drug-likeness (QED) is 0.417. The van der Waals surface area contributed by atoms with Crippen molar-refractivity contribution in [2.75, 3.05) is 19.6 Å². The van der Waals surface area contributed by atoms with E-state index in [1.807, 2.05) is 0 Å². The molecule has 0 spiro atoms. The van der Waals surface area contributed by atoms with Gasteiger partial charge in [-0.2, -0.15) is 12.7 Å². The highest BCUT2D eigenvalue weighted by atomic mass is 32.2. The number of rotatable bonds is 3.